The van der Waals surface area contributed by atoms with Crippen molar-refractivity contribution >= 4 is 11.8 Å². The van der Waals surface area contributed by atoms with E-state index in [2.05, 4.69) is 45.3 Å². The third-order valence-corrected chi connectivity index (χ3v) is 4.58. The van der Waals surface area contributed by atoms with E-state index in [0.29, 0.717) is 12.0 Å². The molecule has 0 radical (unpaired) electrons. The van der Waals surface area contributed by atoms with Crippen molar-refractivity contribution in [2.24, 2.45) is 0 Å². The Morgan fingerprint density at radius 3 is 2.60 bits per heavy atom. The van der Waals surface area contributed by atoms with Gasteiger partial charge in [0.1, 0.15) is 0 Å². The maximum absolute atomic E-state index is 5.43. The van der Waals surface area contributed by atoms with Crippen LogP contribution in [0.25, 0.3) is 0 Å². The summed E-state index contributed by atoms with van der Waals surface area (Å²) in [5.41, 5.74) is 2.51. The highest BCUT2D eigenvalue weighted by atomic mass is 16.5. The summed E-state index contributed by atoms with van der Waals surface area (Å²) in [6, 6.07) is 4.43. The Morgan fingerprint density at radius 1 is 1.20 bits per heavy atom. The first-order chi connectivity index (χ1) is 12.1. The zero-order chi connectivity index (χ0) is 17.8. The fraction of sp³-hybridized carbons (Fsp3) is 0.500. The van der Waals surface area contributed by atoms with E-state index in [1.165, 1.54) is 11.1 Å². The molecule has 1 N–H and O–H groups in total. The fourth-order valence-corrected chi connectivity index (χ4v) is 2.91. The number of fused-ring (bicyclic) bond motifs is 1. The highest BCUT2D eigenvalue weighted by Gasteiger charge is 2.21. The Morgan fingerprint density at radius 2 is 1.92 bits per heavy atom. The second-order valence-corrected chi connectivity index (χ2v) is 6.24. The second-order valence-electron chi connectivity index (χ2n) is 6.24. The molecule has 7 nitrogen and oxygen atoms in total. The van der Waals surface area contributed by atoms with Gasteiger partial charge in [-0.05, 0) is 43.0 Å². The van der Waals surface area contributed by atoms with Crippen LogP contribution in [-0.2, 0) is 13.0 Å². The van der Waals surface area contributed by atoms with Gasteiger partial charge in [-0.25, -0.2) is 0 Å². The van der Waals surface area contributed by atoms with Crippen LogP contribution < -0.4 is 19.7 Å². The third kappa shape index (κ3) is 3.75. The monoisotopic (exact) mass is 343 g/mol. The van der Waals surface area contributed by atoms with E-state index in [0.717, 1.165) is 43.2 Å². The summed E-state index contributed by atoms with van der Waals surface area (Å²) in [6.45, 7) is 5.87. The van der Waals surface area contributed by atoms with E-state index in [1.807, 2.05) is 6.07 Å². The highest BCUT2D eigenvalue weighted by Crippen LogP contribution is 2.34. The number of methoxy groups -OCH3 is 2. The average Bonchev–Trinajstić information content (AvgIpc) is 2.66. The fourth-order valence-electron chi connectivity index (χ4n) is 2.91. The molecule has 1 atom stereocenters. The molecule has 0 spiro atoms. The van der Waals surface area contributed by atoms with Crippen LogP contribution in [0.4, 0.5) is 11.8 Å². The lowest BCUT2D eigenvalue weighted by Gasteiger charge is -2.30. The largest absolute Gasteiger partial charge is 0.493 e. The molecular weight excluding hydrogens is 318 g/mol. The molecule has 134 valence electrons. The summed E-state index contributed by atoms with van der Waals surface area (Å²) < 4.78 is 10.8. The molecule has 1 unspecified atom stereocenters. The maximum atomic E-state index is 5.43. The minimum absolute atomic E-state index is 0.316. The smallest absolute Gasteiger partial charge is 0.244 e. The molecule has 1 aromatic heterocycles. The van der Waals surface area contributed by atoms with Crippen molar-refractivity contribution in [3.63, 3.8) is 0 Å². The van der Waals surface area contributed by atoms with E-state index in [-0.39, 0.29) is 0 Å². The van der Waals surface area contributed by atoms with Crippen LogP contribution in [0.15, 0.2) is 18.3 Å². The predicted octanol–water partition coefficient (Wildman–Crippen LogP) is 2.66. The Bertz CT molecular complexity index is 737. The summed E-state index contributed by atoms with van der Waals surface area (Å²) in [4.78, 5) is 6.83. The molecule has 7 heteroatoms. The Hall–Kier alpha value is -2.57. The molecule has 2 heterocycles. The van der Waals surface area contributed by atoms with Gasteiger partial charge in [-0.2, -0.15) is 10.1 Å². The lowest BCUT2D eigenvalue weighted by Crippen LogP contribution is -2.31. The van der Waals surface area contributed by atoms with Crippen molar-refractivity contribution in [1.29, 1.82) is 0 Å². The molecule has 0 aliphatic carbocycles. The first-order valence-electron chi connectivity index (χ1n) is 8.59. The highest BCUT2D eigenvalue weighted by molar-refractivity contribution is 5.52. The molecule has 0 saturated carbocycles. The summed E-state index contributed by atoms with van der Waals surface area (Å²) in [5.74, 6) is 2.94. The van der Waals surface area contributed by atoms with Gasteiger partial charge in [0.2, 0.25) is 5.95 Å². The molecule has 1 aromatic carbocycles. The Balaban J connectivity index is 1.82. The molecule has 0 amide bonds. The number of anilines is 2. The van der Waals surface area contributed by atoms with E-state index in [9.17, 15) is 0 Å². The van der Waals surface area contributed by atoms with Gasteiger partial charge in [0.05, 0.1) is 20.4 Å². The minimum Gasteiger partial charge on any atom is -0.493 e. The molecule has 3 rings (SSSR count). The molecular formula is C18H25N5O2. The van der Waals surface area contributed by atoms with Crippen LogP contribution >= 0.6 is 0 Å². The molecule has 0 saturated heterocycles. The molecule has 25 heavy (non-hydrogen) atoms. The van der Waals surface area contributed by atoms with Gasteiger partial charge in [-0.3, -0.25) is 0 Å². The van der Waals surface area contributed by atoms with Gasteiger partial charge >= 0.3 is 0 Å². The van der Waals surface area contributed by atoms with E-state index < -0.39 is 0 Å². The number of hydrogen-bond donors (Lipinski definition) is 1. The summed E-state index contributed by atoms with van der Waals surface area (Å²) in [6.07, 6.45) is 3.65. The van der Waals surface area contributed by atoms with Crippen molar-refractivity contribution in [1.82, 2.24) is 15.2 Å². The Labute approximate surface area is 148 Å². The van der Waals surface area contributed by atoms with E-state index in [1.54, 1.807) is 20.4 Å². The van der Waals surface area contributed by atoms with Crippen molar-refractivity contribution < 1.29 is 9.47 Å². The van der Waals surface area contributed by atoms with Crippen LogP contribution in [0, 0.1) is 0 Å². The number of rotatable bonds is 6. The van der Waals surface area contributed by atoms with E-state index >= 15 is 0 Å². The zero-order valence-corrected chi connectivity index (χ0v) is 15.2. The zero-order valence-electron chi connectivity index (χ0n) is 15.2. The van der Waals surface area contributed by atoms with Gasteiger partial charge in [0.25, 0.3) is 0 Å². The van der Waals surface area contributed by atoms with Crippen LogP contribution in [0.5, 0.6) is 11.5 Å². The number of hydrogen-bond acceptors (Lipinski definition) is 7. The average molecular weight is 343 g/mol. The number of benzene rings is 1. The van der Waals surface area contributed by atoms with Crippen molar-refractivity contribution in [2.75, 3.05) is 31.0 Å². The molecule has 0 bridgehead atoms. The summed E-state index contributed by atoms with van der Waals surface area (Å²) >= 11 is 0. The second kappa shape index (κ2) is 7.55. The van der Waals surface area contributed by atoms with Crippen LogP contribution in [0.1, 0.15) is 31.4 Å². The molecule has 2 aromatic rings. The van der Waals surface area contributed by atoms with Crippen LogP contribution in [-0.4, -0.2) is 42.0 Å². The molecule has 0 fully saturated rings. The summed E-state index contributed by atoms with van der Waals surface area (Å²) in [7, 11) is 3.32. The van der Waals surface area contributed by atoms with Crippen LogP contribution in [0.2, 0.25) is 0 Å². The third-order valence-electron chi connectivity index (χ3n) is 4.58. The number of ether oxygens (including phenoxy) is 2. The quantitative estimate of drug-likeness (QED) is 0.864. The number of aromatic nitrogens is 3. The standard InChI is InChI=1S/C18H25N5O2/c1-5-12(2)20-18-21-17(10-19-22-18)23-7-6-13-8-15(24-3)16(25-4)9-14(13)11-23/h8-10,12H,5-7,11H2,1-4H3,(H,20,21,22). The first kappa shape index (κ1) is 17.3. The SMILES string of the molecule is CCC(C)Nc1nncc(N2CCc3cc(OC)c(OC)cc3C2)n1. The van der Waals surface area contributed by atoms with E-state index in [4.69, 9.17) is 9.47 Å². The topological polar surface area (TPSA) is 72.4 Å². The van der Waals surface area contributed by atoms with Gasteiger partial charge in [-0.1, -0.05) is 6.92 Å². The van der Waals surface area contributed by atoms with Crippen molar-refractivity contribution in [2.45, 2.75) is 39.3 Å². The normalized spacial score (nSPS) is 14.6. The lowest BCUT2D eigenvalue weighted by molar-refractivity contribution is 0.353. The van der Waals surface area contributed by atoms with Gasteiger partial charge < -0.3 is 19.7 Å². The first-order valence-corrected chi connectivity index (χ1v) is 8.59. The van der Waals surface area contributed by atoms with Crippen LogP contribution in [0.3, 0.4) is 0 Å². The lowest BCUT2D eigenvalue weighted by atomic mass is 9.99. The number of nitrogens with one attached hydrogen (secondary N) is 1. The number of nitrogens with zero attached hydrogens (tertiary/aromatic N) is 4. The van der Waals surface area contributed by atoms with Gasteiger partial charge in [0.15, 0.2) is 17.3 Å². The van der Waals surface area contributed by atoms with Gasteiger partial charge in [0, 0.05) is 19.1 Å². The van der Waals surface area contributed by atoms with Crippen molar-refractivity contribution in [3.8, 4) is 11.5 Å². The minimum atomic E-state index is 0.316. The van der Waals surface area contributed by atoms with Crippen molar-refractivity contribution in [3.05, 3.63) is 29.5 Å². The van der Waals surface area contributed by atoms with Gasteiger partial charge in [-0.15, -0.1) is 5.10 Å². The predicted molar refractivity (Wildman–Crippen MR) is 97.5 cm³/mol. The maximum Gasteiger partial charge on any atom is 0.244 e. The molecule has 1 aliphatic rings. The molecule has 1 aliphatic heterocycles. The Kier molecular flexibility index (Phi) is 5.21. The summed E-state index contributed by atoms with van der Waals surface area (Å²) in [5, 5.41) is 11.5.